The van der Waals surface area contributed by atoms with Gasteiger partial charge in [0.2, 0.25) is 5.91 Å². The van der Waals surface area contributed by atoms with Crippen LogP contribution in [0.15, 0.2) is 24.3 Å². The zero-order valence-electron chi connectivity index (χ0n) is 12.4. The summed E-state index contributed by atoms with van der Waals surface area (Å²) >= 11 is 0. The molecular formula is C16H28N2O. The molecule has 1 aliphatic heterocycles. The number of hydrogen-bond donors (Lipinski definition) is 1. The summed E-state index contributed by atoms with van der Waals surface area (Å²) in [6, 6.07) is 7.99. The summed E-state index contributed by atoms with van der Waals surface area (Å²) in [5, 5.41) is 0. The van der Waals surface area contributed by atoms with Crippen molar-refractivity contribution in [2.45, 2.75) is 52.6 Å². The summed E-state index contributed by atoms with van der Waals surface area (Å²) in [7, 11) is 0. The number of nitrogens with two attached hydrogens (primary N) is 1. The zero-order chi connectivity index (χ0) is 14.3. The summed E-state index contributed by atoms with van der Waals surface area (Å²) in [6.07, 6.45) is 2.94. The van der Waals surface area contributed by atoms with Crippen LogP contribution in [0.5, 0.6) is 0 Å². The van der Waals surface area contributed by atoms with E-state index in [-0.39, 0.29) is 13.4 Å². The predicted octanol–water partition coefficient (Wildman–Crippen LogP) is 3.11. The number of amides is 1. The van der Waals surface area contributed by atoms with Gasteiger partial charge in [0.25, 0.3) is 0 Å². The normalized spacial score (nSPS) is 19.5. The van der Waals surface area contributed by atoms with Crippen molar-refractivity contribution in [2.75, 3.05) is 6.54 Å². The molecule has 108 valence electrons. The van der Waals surface area contributed by atoms with Gasteiger partial charge in [0.15, 0.2) is 0 Å². The molecule has 1 atom stereocenters. The summed E-state index contributed by atoms with van der Waals surface area (Å²) in [5.41, 5.74) is 8.28. The summed E-state index contributed by atoms with van der Waals surface area (Å²) in [6.45, 7) is 7.59. The molecule has 1 aromatic carbocycles. The van der Waals surface area contributed by atoms with Gasteiger partial charge in [-0.15, -0.1) is 0 Å². The Balaban J connectivity index is 0.00000115. The molecule has 1 saturated heterocycles. The van der Waals surface area contributed by atoms with Crippen molar-refractivity contribution in [2.24, 2.45) is 5.73 Å². The number of hydrogen-bond acceptors (Lipinski definition) is 2. The molecule has 0 bridgehead atoms. The number of benzene rings is 1. The lowest BCUT2D eigenvalue weighted by molar-refractivity contribution is -0.132. The molecular weight excluding hydrogens is 236 g/mol. The third kappa shape index (κ3) is 4.67. The number of nitrogens with zero attached hydrogens (tertiary/aromatic N) is 1. The van der Waals surface area contributed by atoms with Gasteiger partial charge in [0.1, 0.15) is 0 Å². The minimum atomic E-state index is -0.303. The monoisotopic (exact) mass is 264 g/mol. The molecule has 2 rings (SSSR count). The van der Waals surface area contributed by atoms with E-state index in [1.807, 2.05) is 24.8 Å². The van der Waals surface area contributed by atoms with E-state index in [4.69, 9.17) is 5.73 Å². The van der Waals surface area contributed by atoms with Gasteiger partial charge in [-0.1, -0.05) is 43.7 Å². The largest absolute Gasteiger partial charge is 0.337 e. The molecule has 1 heterocycles. The number of carbonyl (C=O) groups is 1. The molecule has 19 heavy (non-hydrogen) atoms. The Labute approximate surface area is 118 Å². The third-order valence-electron chi connectivity index (χ3n) is 3.28. The van der Waals surface area contributed by atoms with Crippen LogP contribution in [0.3, 0.4) is 0 Å². The minimum absolute atomic E-state index is 0. The Hall–Kier alpha value is -1.35. The maximum atomic E-state index is 12.0. The first-order valence-electron chi connectivity index (χ1n) is 7.27. The quantitative estimate of drug-likeness (QED) is 0.892. The first kappa shape index (κ1) is 15.7. The number of rotatable bonds is 2. The van der Waals surface area contributed by atoms with Crippen LogP contribution in [0.4, 0.5) is 0 Å². The molecule has 2 N–H and O–H groups in total. The van der Waals surface area contributed by atoms with Crippen LogP contribution >= 0.6 is 0 Å². The molecule has 1 aromatic rings. The Morgan fingerprint density at radius 1 is 1.37 bits per heavy atom. The van der Waals surface area contributed by atoms with Gasteiger partial charge in [0.05, 0.1) is 6.04 Å². The second-order valence-electron chi connectivity index (χ2n) is 4.85. The average Bonchev–Trinajstić information content (AvgIpc) is 2.57. The number of likely N-dealkylation sites (tertiary alicyclic amines) is 1. The second kappa shape index (κ2) is 7.95. The summed E-state index contributed by atoms with van der Waals surface area (Å²) in [5.74, 6) is 0.101. The van der Waals surface area contributed by atoms with Crippen LogP contribution in [0.1, 0.15) is 45.7 Å². The van der Waals surface area contributed by atoms with E-state index in [1.54, 1.807) is 0 Å². The van der Waals surface area contributed by atoms with E-state index in [0.717, 1.165) is 25.8 Å². The third-order valence-corrected chi connectivity index (χ3v) is 3.28. The van der Waals surface area contributed by atoms with Crippen LogP contribution in [0.25, 0.3) is 0 Å². The van der Waals surface area contributed by atoms with Crippen LogP contribution in [0, 0.1) is 6.92 Å². The topological polar surface area (TPSA) is 46.3 Å². The molecule has 0 aliphatic carbocycles. The van der Waals surface area contributed by atoms with Crippen LogP contribution in [-0.4, -0.2) is 23.4 Å². The molecule has 1 fully saturated rings. The lowest BCUT2D eigenvalue weighted by atomic mass is 10.1. The van der Waals surface area contributed by atoms with Gasteiger partial charge in [-0.3, -0.25) is 4.79 Å². The highest BCUT2D eigenvalue weighted by atomic mass is 16.2. The lowest BCUT2D eigenvalue weighted by Crippen LogP contribution is -2.41. The number of carbonyl (C=O) groups excluding carboxylic acids is 1. The molecule has 3 heteroatoms. The van der Waals surface area contributed by atoms with Gasteiger partial charge in [0, 0.05) is 14.5 Å². The molecule has 0 unspecified atom stereocenters. The lowest BCUT2D eigenvalue weighted by Gasteiger charge is -2.22. The highest BCUT2D eigenvalue weighted by Crippen LogP contribution is 2.14. The summed E-state index contributed by atoms with van der Waals surface area (Å²) in [4.78, 5) is 13.9. The van der Waals surface area contributed by atoms with E-state index >= 15 is 0 Å². The van der Waals surface area contributed by atoms with Crippen molar-refractivity contribution in [1.29, 1.82) is 0 Å². The molecule has 0 aromatic heterocycles. The van der Waals surface area contributed by atoms with E-state index in [1.165, 1.54) is 11.1 Å². The molecule has 0 spiro atoms. The average molecular weight is 264 g/mol. The SMILES string of the molecule is CC.Cc1cccc(CN2CCCC[C@H](N)C2=O)c1.[HH]. The van der Waals surface area contributed by atoms with E-state index in [9.17, 15) is 4.79 Å². The molecule has 1 aliphatic rings. The van der Waals surface area contributed by atoms with Gasteiger partial charge in [-0.2, -0.15) is 0 Å². The van der Waals surface area contributed by atoms with Gasteiger partial charge >= 0.3 is 0 Å². The Bertz CT molecular complexity index is 409. The molecule has 3 nitrogen and oxygen atoms in total. The minimum Gasteiger partial charge on any atom is -0.337 e. The van der Waals surface area contributed by atoms with E-state index in [0.29, 0.717) is 6.54 Å². The number of aryl methyl sites for hydroxylation is 1. The first-order valence-corrected chi connectivity index (χ1v) is 7.27. The van der Waals surface area contributed by atoms with Crippen molar-refractivity contribution in [3.05, 3.63) is 35.4 Å². The predicted molar refractivity (Wildman–Crippen MR) is 81.9 cm³/mol. The zero-order valence-corrected chi connectivity index (χ0v) is 12.4. The molecule has 0 saturated carbocycles. The maximum Gasteiger partial charge on any atom is 0.239 e. The van der Waals surface area contributed by atoms with Crippen molar-refractivity contribution >= 4 is 5.91 Å². The maximum absolute atomic E-state index is 12.0. The molecule has 0 radical (unpaired) electrons. The smallest absolute Gasteiger partial charge is 0.239 e. The van der Waals surface area contributed by atoms with Crippen LogP contribution in [0.2, 0.25) is 0 Å². The molecule has 1 amide bonds. The highest BCUT2D eigenvalue weighted by Gasteiger charge is 2.23. The Morgan fingerprint density at radius 3 is 2.79 bits per heavy atom. The summed E-state index contributed by atoms with van der Waals surface area (Å²) < 4.78 is 0. The van der Waals surface area contributed by atoms with Crippen molar-refractivity contribution in [1.82, 2.24) is 4.90 Å². The Kier molecular flexibility index (Phi) is 6.57. The first-order chi connectivity index (χ1) is 9.16. The fraction of sp³-hybridized carbons (Fsp3) is 0.562. The fourth-order valence-electron chi connectivity index (χ4n) is 2.32. The van der Waals surface area contributed by atoms with Crippen molar-refractivity contribution in [3.63, 3.8) is 0 Å². The standard InChI is InChI=1S/C14H20N2O.C2H6.H2/c1-11-5-4-6-12(9-11)10-16-8-3-2-7-13(15)14(16)17;1-2;/h4-6,9,13H,2-3,7-8,10,15H2,1H3;1-2H3;1H/t13-;;/m0../s1. The van der Waals surface area contributed by atoms with E-state index in [2.05, 4.69) is 25.1 Å². The van der Waals surface area contributed by atoms with Crippen molar-refractivity contribution < 1.29 is 6.22 Å². The van der Waals surface area contributed by atoms with Crippen LogP contribution < -0.4 is 5.73 Å². The van der Waals surface area contributed by atoms with Crippen LogP contribution in [-0.2, 0) is 11.3 Å². The van der Waals surface area contributed by atoms with Gasteiger partial charge < -0.3 is 10.6 Å². The second-order valence-corrected chi connectivity index (χ2v) is 4.85. The van der Waals surface area contributed by atoms with Gasteiger partial charge in [-0.05, 0) is 31.7 Å². The Morgan fingerprint density at radius 2 is 2.11 bits per heavy atom. The van der Waals surface area contributed by atoms with Crippen molar-refractivity contribution in [3.8, 4) is 0 Å². The fourth-order valence-corrected chi connectivity index (χ4v) is 2.32. The van der Waals surface area contributed by atoms with Gasteiger partial charge in [-0.25, -0.2) is 0 Å². The van der Waals surface area contributed by atoms with E-state index < -0.39 is 0 Å². The highest BCUT2D eigenvalue weighted by molar-refractivity contribution is 5.81.